The van der Waals surface area contributed by atoms with Crippen molar-refractivity contribution in [2.45, 2.75) is 25.3 Å². The fraction of sp³-hybridized carbons (Fsp3) is 0.333. The second kappa shape index (κ2) is 5.78. The Morgan fingerprint density at radius 2 is 2.04 bits per heavy atom. The van der Waals surface area contributed by atoms with Crippen molar-refractivity contribution in [1.82, 2.24) is 4.98 Å². The van der Waals surface area contributed by atoms with Gasteiger partial charge in [-0.25, -0.2) is 14.2 Å². The second-order valence-corrected chi connectivity index (χ2v) is 6.34. The van der Waals surface area contributed by atoms with Gasteiger partial charge < -0.3 is 9.84 Å². The third-order valence-electron chi connectivity index (χ3n) is 4.56. The van der Waals surface area contributed by atoms with Crippen molar-refractivity contribution in [3.8, 4) is 5.88 Å². The number of anilines is 1. The first-order valence-electron chi connectivity index (χ1n) is 8.00. The van der Waals surface area contributed by atoms with Crippen LogP contribution in [-0.4, -0.2) is 28.8 Å². The van der Waals surface area contributed by atoms with Gasteiger partial charge in [0.05, 0.1) is 6.04 Å². The Bertz CT molecular complexity index is 774. The topological polar surface area (TPSA) is 62.7 Å². The lowest BCUT2D eigenvalue weighted by molar-refractivity contribution is 0.182. The van der Waals surface area contributed by atoms with Gasteiger partial charge >= 0.3 is 6.09 Å². The van der Waals surface area contributed by atoms with Gasteiger partial charge in [-0.05, 0) is 54.5 Å². The van der Waals surface area contributed by atoms with E-state index in [0.29, 0.717) is 30.5 Å². The summed E-state index contributed by atoms with van der Waals surface area (Å²) in [6, 6.07) is 7.93. The molecule has 2 aliphatic rings. The van der Waals surface area contributed by atoms with E-state index in [1.807, 2.05) is 6.07 Å². The van der Waals surface area contributed by atoms with Crippen LogP contribution in [0.5, 0.6) is 5.88 Å². The molecule has 4 rings (SSSR count). The SMILES string of the molecule is O=C(O)N1c2cc(Cc3ccc(F)cc3)cnc2OC[C@@H]1C1CC1. The van der Waals surface area contributed by atoms with E-state index in [9.17, 15) is 14.3 Å². The number of nitrogens with zero attached hydrogens (tertiary/aromatic N) is 2. The van der Waals surface area contributed by atoms with Gasteiger partial charge in [-0.1, -0.05) is 12.1 Å². The van der Waals surface area contributed by atoms with Crippen LogP contribution < -0.4 is 9.64 Å². The average Bonchev–Trinajstić information content (AvgIpc) is 3.40. The second-order valence-electron chi connectivity index (χ2n) is 6.34. The van der Waals surface area contributed by atoms with E-state index < -0.39 is 6.09 Å². The first kappa shape index (κ1) is 14.9. The van der Waals surface area contributed by atoms with Gasteiger partial charge in [-0.15, -0.1) is 0 Å². The number of aromatic nitrogens is 1. The molecule has 1 saturated carbocycles. The van der Waals surface area contributed by atoms with Crippen LogP contribution in [0.2, 0.25) is 0 Å². The number of ether oxygens (including phenoxy) is 1. The molecule has 1 amide bonds. The fourth-order valence-electron chi connectivity index (χ4n) is 3.19. The molecule has 24 heavy (non-hydrogen) atoms. The lowest BCUT2D eigenvalue weighted by Gasteiger charge is -2.34. The number of fused-ring (bicyclic) bond motifs is 1. The van der Waals surface area contributed by atoms with Crippen LogP contribution in [-0.2, 0) is 6.42 Å². The maximum absolute atomic E-state index is 13.0. The third-order valence-corrected chi connectivity index (χ3v) is 4.56. The number of hydrogen-bond acceptors (Lipinski definition) is 3. The Morgan fingerprint density at radius 3 is 2.71 bits per heavy atom. The maximum Gasteiger partial charge on any atom is 0.412 e. The molecule has 0 spiro atoms. The number of pyridine rings is 1. The van der Waals surface area contributed by atoms with E-state index in [1.54, 1.807) is 18.3 Å². The molecule has 0 unspecified atom stereocenters. The van der Waals surface area contributed by atoms with Crippen molar-refractivity contribution in [3.05, 3.63) is 53.5 Å². The molecule has 5 nitrogen and oxygen atoms in total. The highest BCUT2D eigenvalue weighted by Crippen LogP contribution is 2.42. The first-order chi connectivity index (χ1) is 11.6. The van der Waals surface area contributed by atoms with Crippen molar-refractivity contribution in [3.63, 3.8) is 0 Å². The van der Waals surface area contributed by atoms with Gasteiger partial charge in [0.2, 0.25) is 5.88 Å². The van der Waals surface area contributed by atoms with Crippen molar-refractivity contribution in [1.29, 1.82) is 0 Å². The summed E-state index contributed by atoms with van der Waals surface area (Å²) in [5.74, 6) is 0.451. The summed E-state index contributed by atoms with van der Waals surface area (Å²) in [5, 5.41) is 9.64. The Morgan fingerprint density at radius 1 is 1.29 bits per heavy atom. The number of hydrogen-bond donors (Lipinski definition) is 1. The number of halogens is 1. The van der Waals surface area contributed by atoms with E-state index in [0.717, 1.165) is 24.0 Å². The summed E-state index contributed by atoms with van der Waals surface area (Å²) in [5.41, 5.74) is 2.31. The summed E-state index contributed by atoms with van der Waals surface area (Å²) in [6.07, 6.45) is 3.34. The zero-order chi connectivity index (χ0) is 16.7. The van der Waals surface area contributed by atoms with Crippen LogP contribution >= 0.6 is 0 Å². The third kappa shape index (κ3) is 2.79. The van der Waals surface area contributed by atoms with E-state index in [2.05, 4.69) is 4.98 Å². The molecule has 1 aliphatic carbocycles. The summed E-state index contributed by atoms with van der Waals surface area (Å²) in [6.45, 7) is 0.355. The summed E-state index contributed by atoms with van der Waals surface area (Å²) in [7, 11) is 0. The van der Waals surface area contributed by atoms with Gasteiger partial charge in [0.15, 0.2) is 0 Å². The zero-order valence-electron chi connectivity index (χ0n) is 13.0. The van der Waals surface area contributed by atoms with Gasteiger partial charge in [0, 0.05) is 6.20 Å². The molecule has 2 aromatic rings. The van der Waals surface area contributed by atoms with E-state index in [1.165, 1.54) is 17.0 Å². The summed E-state index contributed by atoms with van der Waals surface area (Å²) < 4.78 is 18.7. The van der Waals surface area contributed by atoms with Crippen LogP contribution in [0, 0.1) is 11.7 Å². The minimum atomic E-state index is -0.975. The van der Waals surface area contributed by atoms with Crippen molar-refractivity contribution < 1.29 is 19.0 Å². The molecule has 1 fully saturated rings. The predicted octanol–water partition coefficient (Wildman–Crippen LogP) is 3.47. The summed E-state index contributed by atoms with van der Waals surface area (Å²) >= 11 is 0. The molecule has 1 aliphatic heterocycles. The normalized spacial score (nSPS) is 19.5. The van der Waals surface area contributed by atoms with Crippen LogP contribution in [0.4, 0.5) is 14.9 Å². The monoisotopic (exact) mass is 328 g/mol. The van der Waals surface area contributed by atoms with Gasteiger partial charge in [0.25, 0.3) is 0 Å². The van der Waals surface area contributed by atoms with E-state index in [4.69, 9.17) is 4.74 Å². The number of rotatable bonds is 3. The highest BCUT2D eigenvalue weighted by Gasteiger charge is 2.42. The van der Waals surface area contributed by atoms with Crippen LogP contribution in [0.25, 0.3) is 0 Å². The van der Waals surface area contributed by atoms with E-state index in [-0.39, 0.29) is 11.9 Å². The highest BCUT2D eigenvalue weighted by molar-refractivity contribution is 5.89. The molecule has 124 valence electrons. The molecule has 1 aromatic carbocycles. The molecule has 6 heteroatoms. The average molecular weight is 328 g/mol. The largest absolute Gasteiger partial charge is 0.474 e. The molecular formula is C18H17FN2O3. The Labute approximate surface area is 138 Å². The molecule has 0 saturated heterocycles. The highest BCUT2D eigenvalue weighted by atomic mass is 19.1. The molecule has 2 heterocycles. The molecular weight excluding hydrogens is 311 g/mol. The molecule has 0 bridgehead atoms. The Balaban J connectivity index is 1.65. The molecule has 1 atom stereocenters. The van der Waals surface area contributed by atoms with Crippen LogP contribution in [0.15, 0.2) is 36.5 Å². The van der Waals surface area contributed by atoms with Gasteiger partial charge in [-0.3, -0.25) is 4.90 Å². The van der Waals surface area contributed by atoms with Crippen molar-refractivity contribution in [2.75, 3.05) is 11.5 Å². The first-order valence-corrected chi connectivity index (χ1v) is 8.00. The number of carbonyl (C=O) groups is 1. The van der Waals surface area contributed by atoms with E-state index >= 15 is 0 Å². The Kier molecular flexibility index (Phi) is 3.59. The lowest BCUT2D eigenvalue weighted by Crippen LogP contribution is -2.47. The van der Waals surface area contributed by atoms with Crippen molar-refractivity contribution >= 4 is 11.8 Å². The smallest absolute Gasteiger partial charge is 0.412 e. The maximum atomic E-state index is 13.0. The fourth-order valence-corrected chi connectivity index (χ4v) is 3.19. The molecule has 1 aromatic heterocycles. The zero-order valence-corrected chi connectivity index (χ0v) is 13.0. The number of benzene rings is 1. The van der Waals surface area contributed by atoms with Gasteiger partial charge in [-0.2, -0.15) is 0 Å². The molecule has 0 radical (unpaired) electrons. The summed E-state index contributed by atoms with van der Waals surface area (Å²) in [4.78, 5) is 17.4. The van der Waals surface area contributed by atoms with Gasteiger partial charge in [0.1, 0.15) is 18.1 Å². The minimum Gasteiger partial charge on any atom is -0.474 e. The standard InChI is InChI=1S/C18H17FN2O3/c19-14-5-1-11(2-6-14)7-12-8-15-17(20-9-12)24-10-16(13-3-4-13)21(15)18(22)23/h1-2,5-6,8-9,13,16H,3-4,7,10H2,(H,22,23)/t16-/m1/s1. The van der Waals surface area contributed by atoms with Crippen molar-refractivity contribution in [2.24, 2.45) is 5.92 Å². The van der Waals surface area contributed by atoms with Crippen LogP contribution in [0.1, 0.15) is 24.0 Å². The quantitative estimate of drug-likeness (QED) is 0.937. The molecule has 1 N–H and O–H groups in total. The Hall–Kier alpha value is -2.63. The number of amides is 1. The lowest BCUT2D eigenvalue weighted by atomic mass is 10.0. The number of carboxylic acid groups (broad SMARTS) is 1. The van der Waals surface area contributed by atoms with Crippen LogP contribution in [0.3, 0.4) is 0 Å². The minimum absolute atomic E-state index is 0.141. The predicted molar refractivity (Wildman–Crippen MR) is 86.0 cm³/mol.